The molecule has 0 aromatic rings. The van der Waals surface area contributed by atoms with Gasteiger partial charge in [-0.25, -0.2) is 4.79 Å². The van der Waals surface area contributed by atoms with Crippen molar-refractivity contribution < 1.29 is 9.53 Å². The number of esters is 1. The van der Waals surface area contributed by atoms with Gasteiger partial charge in [-0.1, -0.05) is 18.7 Å². The molecule has 0 saturated carbocycles. The Kier molecular flexibility index (Phi) is 4.77. The second kappa shape index (κ2) is 5.35. The number of hydrogen-bond donors (Lipinski definition) is 0. The predicted molar refractivity (Wildman–Crippen MR) is 49.7 cm³/mol. The fraction of sp³-hybridized carbons (Fsp3) is 0.300. The van der Waals surface area contributed by atoms with Crippen molar-refractivity contribution in [2.75, 3.05) is 6.61 Å². The molecule has 0 atom stereocenters. The molecule has 2 heteroatoms. The third kappa shape index (κ3) is 2.74. The van der Waals surface area contributed by atoms with Gasteiger partial charge in [-0.2, -0.15) is 0 Å². The van der Waals surface area contributed by atoms with Gasteiger partial charge in [0.05, 0.1) is 6.61 Å². The van der Waals surface area contributed by atoms with Gasteiger partial charge in [0.15, 0.2) is 0 Å². The number of hydrogen-bond acceptors (Lipinski definition) is 2. The zero-order chi connectivity index (χ0) is 9.56. The van der Waals surface area contributed by atoms with E-state index in [9.17, 15) is 4.79 Å². The summed E-state index contributed by atoms with van der Waals surface area (Å²) >= 11 is 0. The molecule has 0 amide bonds. The molecule has 0 rings (SSSR count). The quantitative estimate of drug-likeness (QED) is 0.355. The van der Waals surface area contributed by atoms with Crippen LogP contribution in [0.2, 0.25) is 0 Å². The SMILES string of the molecule is C=CC(C=C)C(=C)C(=O)OCC. The van der Waals surface area contributed by atoms with Crippen LogP contribution in [0.1, 0.15) is 6.92 Å². The van der Waals surface area contributed by atoms with Crippen LogP contribution in [0.4, 0.5) is 0 Å². The van der Waals surface area contributed by atoms with Crippen molar-refractivity contribution in [2.24, 2.45) is 5.92 Å². The van der Waals surface area contributed by atoms with Gasteiger partial charge in [0.2, 0.25) is 0 Å². The van der Waals surface area contributed by atoms with E-state index in [1.54, 1.807) is 19.1 Å². The summed E-state index contributed by atoms with van der Waals surface area (Å²) in [6.07, 6.45) is 3.21. The van der Waals surface area contributed by atoms with Gasteiger partial charge in [-0.3, -0.25) is 0 Å². The molecule has 0 radical (unpaired) electrons. The number of rotatable bonds is 5. The summed E-state index contributed by atoms with van der Waals surface area (Å²) in [5.74, 6) is -0.577. The highest BCUT2D eigenvalue weighted by Crippen LogP contribution is 2.12. The maximum atomic E-state index is 11.1. The Morgan fingerprint density at radius 1 is 1.50 bits per heavy atom. The van der Waals surface area contributed by atoms with E-state index >= 15 is 0 Å². The van der Waals surface area contributed by atoms with E-state index in [4.69, 9.17) is 4.74 Å². The molecule has 0 aliphatic heterocycles. The first-order valence-corrected chi connectivity index (χ1v) is 3.78. The van der Waals surface area contributed by atoms with Crippen LogP contribution >= 0.6 is 0 Å². The molecule has 0 unspecified atom stereocenters. The van der Waals surface area contributed by atoms with Gasteiger partial charge in [0.1, 0.15) is 0 Å². The molecule has 0 aliphatic carbocycles. The second-order valence-electron chi connectivity index (χ2n) is 2.24. The van der Waals surface area contributed by atoms with E-state index in [1.807, 2.05) is 0 Å². The van der Waals surface area contributed by atoms with Gasteiger partial charge < -0.3 is 4.74 Å². The second-order valence-corrected chi connectivity index (χ2v) is 2.24. The van der Waals surface area contributed by atoms with Gasteiger partial charge in [0, 0.05) is 11.5 Å². The summed E-state index contributed by atoms with van der Waals surface area (Å²) in [6, 6.07) is 0. The summed E-state index contributed by atoms with van der Waals surface area (Å²) < 4.78 is 4.75. The smallest absolute Gasteiger partial charge is 0.334 e. The van der Waals surface area contributed by atoms with E-state index in [0.717, 1.165) is 0 Å². The van der Waals surface area contributed by atoms with Crippen LogP contribution in [0.25, 0.3) is 0 Å². The summed E-state index contributed by atoms with van der Waals surface area (Å²) in [5.41, 5.74) is 0.377. The monoisotopic (exact) mass is 166 g/mol. The summed E-state index contributed by atoms with van der Waals surface area (Å²) in [4.78, 5) is 11.1. The first kappa shape index (κ1) is 10.7. The Morgan fingerprint density at radius 3 is 2.33 bits per heavy atom. The molecule has 66 valence electrons. The minimum atomic E-state index is -0.387. The number of allylic oxidation sites excluding steroid dienone is 2. The first-order valence-electron chi connectivity index (χ1n) is 3.78. The maximum absolute atomic E-state index is 11.1. The molecule has 0 bridgehead atoms. The normalized spacial score (nSPS) is 9.17. The molecule has 0 heterocycles. The van der Waals surface area contributed by atoms with E-state index in [1.165, 1.54) is 0 Å². The molecular formula is C10H14O2. The van der Waals surface area contributed by atoms with Crippen LogP contribution in [0.3, 0.4) is 0 Å². The Bertz CT molecular complexity index is 196. The molecule has 12 heavy (non-hydrogen) atoms. The van der Waals surface area contributed by atoms with E-state index in [-0.39, 0.29) is 11.9 Å². The van der Waals surface area contributed by atoms with Gasteiger partial charge in [-0.05, 0) is 6.92 Å². The van der Waals surface area contributed by atoms with E-state index in [2.05, 4.69) is 19.7 Å². The van der Waals surface area contributed by atoms with Crippen molar-refractivity contribution in [3.8, 4) is 0 Å². The molecule has 0 aromatic heterocycles. The minimum Gasteiger partial charge on any atom is -0.463 e. The number of carbonyl (C=O) groups is 1. The molecular weight excluding hydrogens is 152 g/mol. The summed E-state index contributed by atoms with van der Waals surface area (Å²) in [6.45, 7) is 12.8. The van der Waals surface area contributed by atoms with E-state index in [0.29, 0.717) is 12.2 Å². The van der Waals surface area contributed by atoms with E-state index < -0.39 is 0 Å². The fourth-order valence-electron chi connectivity index (χ4n) is 0.741. The molecule has 2 nitrogen and oxygen atoms in total. The Hall–Kier alpha value is -1.31. The first-order chi connectivity index (χ1) is 5.67. The molecule has 0 saturated heterocycles. The lowest BCUT2D eigenvalue weighted by atomic mass is 10.0. The third-order valence-electron chi connectivity index (χ3n) is 1.45. The summed E-state index contributed by atoms with van der Waals surface area (Å²) in [7, 11) is 0. The molecule has 0 aromatic carbocycles. The van der Waals surface area contributed by atoms with Crippen LogP contribution in [-0.4, -0.2) is 12.6 Å². The lowest BCUT2D eigenvalue weighted by Gasteiger charge is -2.09. The highest BCUT2D eigenvalue weighted by molar-refractivity contribution is 5.89. The van der Waals surface area contributed by atoms with Crippen LogP contribution in [0.5, 0.6) is 0 Å². The topological polar surface area (TPSA) is 26.3 Å². The van der Waals surface area contributed by atoms with Crippen molar-refractivity contribution in [3.05, 3.63) is 37.5 Å². The lowest BCUT2D eigenvalue weighted by molar-refractivity contribution is -0.138. The molecule has 0 spiro atoms. The number of ether oxygens (including phenoxy) is 1. The van der Waals surface area contributed by atoms with Gasteiger partial charge >= 0.3 is 5.97 Å². The zero-order valence-corrected chi connectivity index (χ0v) is 7.38. The van der Waals surface area contributed by atoms with Crippen molar-refractivity contribution in [3.63, 3.8) is 0 Å². The van der Waals surface area contributed by atoms with Crippen molar-refractivity contribution in [2.45, 2.75) is 6.92 Å². The van der Waals surface area contributed by atoms with Gasteiger partial charge in [-0.15, -0.1) is 13.2 Å². The third-order valence-corrected chi connectivity index (χ3v) is 1.45. The maximum Gasteiger partial charge on any atom is 0.334 e. The lowest BCUT2D eigenvalue weighted by Crippen LogP contribution is -2.11. The molecule has 0 N–H and O–H groups in total. The van der Waals surface area contributed by atoms with Crippen LogP contribution in [-0.2, 0) is 9.53 Å². The van der Waals surface area contributed by atoms with Crippen molar-refractivity contribution >= 4 is 5.97 Å². The number of carbonyl (C=O) groups excluding carboxylic acids is 1. The van der Waals surface area contributed by atoms with Crippen LogP contribution in [0, 0.1) is 5.92 Å². The zero-order valence-electron chi connectivity index (χ0n) is 7.38. The van der Waals surface area contributed by atoms with Gasteiger partial charge in [0.25, 0.3) is 0 Å². The van der Waals surface area contributed by atoms with Crippen molar-refractivity contribution in [1.29, 1.82) is 0 Å². The average molecular weight is 166 g/mol. The highest BCUT2D eigenvalue weighted by atomic mass is 16.5. The molecule has 0 fully saturated rings. The predicted octanol–water partition coefficient (Wildman–Crippen LogP) is 2.09. The average Bonchev–Trinajstić information content (AvgIpc) is 2.07. The summed E-state index contributed by atoms with van der Waals surface area (Å²) in [5, 5.41) is 0. The Labute approximate surface area is 73.2 Å². The standard InChI is InChI=1S/C10H14O2/c1-5-9(6-2)8(4)10(11)12-7-3/h5-6,9H,1-2,4,7H2,3H3. The van der Waals surface area contributed by atoms with Crippen LogP contribution < -0.4 is 0 Å². The largest absolute Gasteiger partial charge is 0.463 e. The highest BCUT2D eigenvalue weighted by Gasteiger charge is 2.13. The van der Waals surface area contributed by atoms with Crippen LogP contribution in [0.15, 0.2) is 37.5 Å². The Morgan fingerprint density at radius 2 is 2.00 bits per heavy atom. The van der Waals surface area contributed by atoms with Crippen molar-refractivity contribution in [1.82, 2.24) is 0 Å². The fourth-order valence-corrected chi connectivity index (χ4v) is 0.741. The molecule has 0 aliphatic rings. The Balaban J connectivity index is 4.25. The minimum absolute atomic E-state index is 0.191.